The first-order chi connectivity index (χ1) is 14.6. The predicted octanol–water partition coefficient (Wildman–Crippen LogP) is 3.12. The van der Waals surface area contributed by atoms with Crippen LogP contribution in [0.15, 0.2) is 54.7 Å². The molecule has 0 saturated carbocycles. The number of pyridine rings is 1. The van der Waals surface area contributed by atoms with Crippen molar-refractivity contribution >= 4 is 23.4 Å². The van der Waals surface area contributed by atoms with Crippen LogP contribution in [0.3, 0.4) is 0 Å². The molecule has 3 heterocycles. The molecule has 0 unspecified atom stereocenters. The Balaban J connectivity index is 1.38. The number of carbonyl (C=O) groups is 1. The molecule has 1 aliphatic heterocycles. The van der Waals surface area contributed by atoms with E-state index in [-0.39, 0.29) is 5.91 Å². The minimum atomic E-state index is 0.177. The van der Waals surface area contributed by atoms with Crippen LogP contribution in [0.2, 0.25) is 0 Å². The largest absolute Gasteiger partial charge is 0.353 e. The average molecular weight is 403 g/mol. The Hall–Kier alpha value is -3.48. The van der Waals surface area contributed by atoms with Crippen molar-refractivity contribution in [2.45, 2.75) is 20.3 Å². The van der Waals surface area contributed by atoms with Crippen LogP contribution in [-0.4, -0.2) is 51.9 Å². The van der Waals surface area contributed by atoms with E-state index in [1.807, 2.05) is 61.2 Å². The van der Waals surface area contributed by atoms with Gasteiger partial charge in [0.05, 0.1) is 6.42 Å². The first-order valence-corrected chi connectivity index (χ1v) is 10.2. The first kappa shape index (κ1) is 19.8. The SMILES string of the molecule is Cc1cccc(CC(=O)N2CCN(c3cc(Nc4ccccn4)nc(C)n3)CC2)c1. The Morgan fingerprint density at radius 1 is 0.967 bits per heavy atom. The van der Waals surface area contributed by atoms with Gasteiger partial charge in [-0.15, -0.1) is 0 Å². The molecule has 154 valence electrons. The molecule has 1 aromatic carbocycles. The summed E-state index contributed by atoms with van der Waals surface area (Å²) in [6.07, 6.45) is 2.19. The third-order valence-corrected chi connectivity index (χ3v) is 5.14. The Labute approximate surface area is 176 Å². The second-order valence-electron chi connectivity index (χ2n) is 7.53. The second-order valence-corrected chi connectivity index (χ2v) is 7.53. The fourth-order valence-corrected chi connectivity index (χ4v) is 3.64. The molecule has 2 aromatic heterocycles. The molecule has 3 aromatic rings. The molecule has 0 spiro atoms. The number of aromatic nitrogens is 3. The third-order valence-electron chi connectivity index (χ3n) is 5.14. The van der Waals surface area contributed by atoms with E-state index in [1.165, 1.54) is 5.56 Å². The van der Waals surface area contributed by atoms with E-state index in [0.717, 1.165) is 30.3 Å². The molecule has 0 aliphatic carbocycles. The molecule has 1 aliphatic rings. The van der Waals surface area contributed by atoms with Crippen molar-refractivity contribution < 1.29 is 4.79 Å². The van der Waals surface area contributed by atoms with Crippen LogP contribution in [0, 0.1) is 13.8 Å². The smallest absolute Gasteiger partial charge is 0.227 e. The number of nitrogens with one attached hydrogen (secondary N) is 1. The lowest BCUT2D eigenvalue weighted by Gasteiger charge is -2.35. The fourth-order valence-electron chi connectivity index (χ4n) is 3.64. The zero-order valence-corrected chi connectivity index (χ0v) is 17.4. The summed E-state index contributed by atoms with van der Waals surface area (Å²) in [5.41, 5.74) is 2.25. The topological polar surface area (TPSA) is 74.2 Å². The summed E-state index contributed by atoms with van der Waals surface area (Å²) in [7, 11) is 0. The summed E-state index contributed by atoms with van der Waals surface area (Å²) in [4.78, 5) is 30.2. The summed E-state index contributed by atoms with van der Waals surface area (Å²) in [6.45, 7) is 6.81. The molecule has 0 atom stereocenters. The van der Waals surface area contributed by atoms with Crippen molar-refractivity contribution in [1.82, 2.24) is 19.9 Å². The highest BCUT2D eigenvalue weighted by Crippen LogP contribution is 2.20. The van der Waals surface area contributed by atoms with E-state index >= 15 is 0 Å². The fraction of sp³-hybridized carbons (Fsp3) is 0.304. The van der Waals surface area contributed by atoms with Gasteiger partial charge >= 0.3 is 0 Å². The number of carbonyl (C=O) groups excluding carboxylic acids is 1. The zero-order valence-electron chi connectivity index (χ0n) is 17.4. The van der Waals surface area contributed by atoms with Crippen molar-refractivity contribution in [2.24, 2.45) is 0 Å². The summed E-state index contributed by atoms with van der Waals surface area (Å²) < 4.78 is 0. The van der Waals surface area contributed by atoms with Crippen molar-refractivity contribution in [2.75, 3.05) is 36.4 Å². The van der Waals surface area contributed by atoms with Gasteiger partial charge in [-0.3, -0.25) is 4.79 Å². The lowest BCUT2D eigenvalue weighted by Crippen LogP contribution is -2.49. The van der Waals surface area contributed by atoms with E-state index in [1.54, 1.807) is 6.20 Å². The van der Waals surface area contributed by atoms with Gasteiger partial charge in [-0.25, -0.2) is 15.0 Å². The molecule has 1 saturated heterocycles. The van der Waals surface area contributed by atoms with Gasteiger partial charge in [0, 0.05) is 38.4 Å². The van der Waals surface area contributed by atoms with Gasteiger partial charge in [0.25, 0.3) is 0 Å². The van der Waals surface area contributed by atoms with Crippen LogP contribution in [0.25, 0.3) is 0 Å². The van der Waals surface area contributed by atoms with E-state index in [9.17, 15) is 4.79 Å². The van der Waals surface area contributed by atoms with Crippen LogP contribution < -0.4 is 10.2 Å². The maximum absolute atomic E-state index is 12.7. The van der Waals surface area contributed by atoms with Gasteiger partial charge < -0.3 is 15.1 Å². The number of hydrogen-bond acceptors (Lipinski definition) is 6. The average Bonchev–Trinajstić information content (AvgIpc) is 2.74. The van der Waals surface area contributed by atoms with E-state index in [2.05, 4.69) is 31.2 Å². The van der Waals surface area contributed by atoms with E-state index in [0.29, 0.717) is 31.2 Å². The molecular formula is C23H26N6O. The molecule has 4 rings (SSSR count). The lowest BCUT2D eigenvalue weighted by atomic mass is 10.1. The van der Waals surface area contributed by atoms with E-state index < -0.39 is 0 Å². The standard InChI is InChI=1S/C23H26N6O/c1-17-6-5-7-19(14-17)15-23(30)29-12-10-28(11-13-29)22-16-21(25-18(2)26-22)27-20-8-3-4-9-24-20/h3-9,14,16H,10-13,15H2,1-2H3,(H,24,25,26,27). The molecule has 30 heavy (non-hydrogen) atoms. The molecule has 0 bridgehead atoms. The lowest BCUT2D eigenvalue weighted by molar-refractivity contribution is -0.130. The Morgan fingerprint density at radius 2 is 1.80 bits per heavy atom. The number of benzene rings is 1. The van der Waals surface area contributed by atoms with Crippen LogP contribution in [0.4, 0.5) is 17.5 Å². The van der Waals surface area contributed by atoms with Crippen molar-refractivity contribution in [3.63, 3.8) is 0 Å². The summed E-state index contributed by atoms with van der Waals surface area (Å²) in [5.74, 6) is 3.20. The monoisotopic (exact) mass is 402 g/mol. The molecule has 0 radical (unpaired) electrons. The van der Waals surface area contributed by atoms with E-state index in [4.69, 9.17) is 0 Å². The minimum Gasteiger partial charge on any atom is -0.353 e. The number of aryl methyl sites for hydroxylation is 2. The molecule has 1 fully saturated rings. The summed E-state index contributed by atoms with van der Waals surface area (Å²) >= 11 is 0. The summed E-state index contributed by atoms with van der Waals surface area (Å²) in [5, 5.41) is 3.23. The Bertz CT molecular complexity index is 1020. The van der Waals surface area contributed by atoms with Crippen molar-refractivity contribution in [3.8, 4) is 0 Å². The molecule has 1 N–H and O–H groups in total. The highest BCUT2D eigenvalue weighted by molar-refractivity contribution is 5.79. The molecule has 1 amide bonds. The number of rotatable bonds is 5. The maximum atomic E-state index is 12.7. The normalized spacial score (nSPS) is 13.9. The van der Waals surface area contributed by atoms with Gasteiger partial charge in [0.15, 0.2) is 0 Å². The van der Waals surface area contributed by atoms with Crippen LogP contribution in [-0.2, 0) is 11.2 Å². The zero-order chi connectivity index (χ0) is 20.9. The molecule has 7 heteroatoms. The quantitative estimate of drug-likeness (QED) is 0.707. The second kappa shape index (κ2) is 8.90. The number of piperazine rings is 1. The van der Waals surface area contributed by atoms with Crippen LogP contribution in [0.1, 0.15) is 17.0 Å². The van der Waals surface area contributed by atoms with Gasteiger partial charge in [0.2, 0.25) is 5.91 Å². The Morgan fingerprint density at radius 3 is 2.53 bits per heavy atom. The van der Waals surface area contributed by atoms with Crippen LogP contribution in [0.5, 0.6) is 0 Å². The van der Waals surface area contributed by atoms with Crippen molar-refractivity contribution in [3.05, 3.63) is 71.7 Å². The third kappa shape index (κ3) is 4.92. The predicted molar refractivity (Wildman–Crippen MR) is 118 cm³/mol. The van der Waals surface area contributed by atoms with Gasteiger partial charge in [-0.05, 0) is 31.5 Å². The Kier molecular flexibility index (Phi) is 5.88. The van der Waals surface area contributed by atoms with Gasteiger partial charge in [0.1, 0.15) is 23.3 Å². The highest BCUT2D eigenvalue weighted by atomic mass is 16.2. The number of amides is 1. The number of hydrogen-bond donors (Lipinski definition) is 1. The minimum absolute atomic E-state index is 0.177. The highest BCUT2D eigenvalue weighted by Gasteiger charge is 2.22. The number of anilines is 3. The van der Waals surface area contributed by atoms with Crippen molar-refractivity contribution in [1.29, 1.82) is 0 Å². The first-order valence-electron chi connectivity index (χ1n) is 10.2. The number of nitrogens with zero attached hydrogens (tertiary/aromatic N) is 5. The maximum Gasteiger partial charge on any atom is 0.227 e. The van der Waals surface area contributed by atoms with Gasteiger partial charge in [-0.1, -0.05) is 35.9 Å². The van der Waals surface area contributed by atoms with Crippen LogP contribution >= 0.6 is 0 Å². The van der Waals surface area contributed by atoms with Gasteiger partial charge in [-0.2, -0.15) is 0 Å². The summed E-state index contributed by atoms with van der Waals surface area (Å²) in [6, 6.07) is 15.8. The molecule has 7 nitrogen and oxygen atoms in total. The molecular weight excluding hydrogens is 376 g/mol.